The summed E-state index contributed by atoms with van der Waals surface area (Å²) < 4.78 is 16.4. The van der Waals surface area contributed by atoms with Gasteiger partial charge in [-0.05, 0) is 48.0 Å². The number of amides is 1. The second-order valence-corrected chi connectivity index (χ2v) is 7.82. The van der Waals surface area contributed by atoms with Gasteiger partial charge >= 0.3 is 0 Å². The lowest BCUT2D eigenvalue weighted by Gasteiger charge is -2.26. The van der Waals surface area contributed by atoms with Crippen LogP contribution in [0.15, 0.2) is 72.3 Å². The number of fused-ring (bicyclic) bond motifs is 1. The van der Waals surface area contributed by atoms with E-state index in [1.807, 2.05) is 0 Å². The van der Waals surface area contributed by atoms with Crippen molar-refractivity contribution >= 4 is 23.1 Å². The Labute approximate surface area is 195 Å². The van der Waals surface area contributed by atoms with Gasteiger partial charge in [0, 0.05) is 17.3 Å². The van der Waals surface area contributed by atoms with Gasteiger partial charge in [-0.3, -0.25) is 14.5 Å². The number of anilines is 1. The van der Waals surface area contributed by atoms with Crippen molar-refractivity contribution in [1.82, 2.24) is 0 Å². The van der Waals surface area contributed by atoms with E-state index in [1.54, 1.807) is 54.6 Å². The molecule has 172 valence electrons. The van der Waals surface area contributed by atoms with E-state index >= 15 is 0 Å². The summed E-state index contributed by atoms with van der Waals surface area (Å²) in [5.74, 6) is -0.567. The molecule has 1 unspecified atom stereocenters. The average molecular weight is 459 g/mol. The highest BCUT2D eigenvalue weighted by Crippen LogP contribution is 2.44. The molecular weight excluding hydrogens is 438 g/mol. The minimum absolute atomic E-state index is 0.0342. The number of aromatic hydroxyl groups is 1. The van der Waals surface area contributed by atoms with Gasteiger partial charge in [0.2, 0.25) is 0 Å². The molecule has 1 atom stereocenters. The standard InChI is InChI=1S/C26H21NO7/c1-32-19-7-3-5-17(14-19)27-23(15-4-2-6-18(28)12-15)22(25(30)26(27)31)24(29)16-8-9-20-21(13-16)34-11-10-33-20/h2-9,12-14,23,28-29H,10-11H2,1H3/b24-22-. The Morgan fingerprint density at radius 2 is 1.74 bits per heavy atom. The fraction of sp³-hybridized carbons (Fsp3) is 0.154. The Hall–Kier alpha value is -4.46. The molecule has 1 amide bonds. The Kier molecular flexibility index (Phi) is 5.33. The third-order valence-electron chi connectivity index (χ3n) is 5.78. The number of hydrogen-bond donors (Lipinski definition) is 2. The lowest BCUT2D eigenvalue weighted by molar-refractivity contribution is -0.132. The summed E-state index contributed by atoms with van der Waals surface area (Å²) in [6.45, 7) is 0.780. The maximum atomic E-state index is 13.3. The Balaban J connectivity index is 1.70. The zero-order chi connectivity index (χ0) is 23.8. The number of aliphatic hydroxyl groups excluding tert-OH is 1. The highest BCUT2D eigenvalue weighted by molar-refractivity contribution is 6.51. The number of rotatable bonds is 4. The number of hydrogen-bond acceptors (Lipinski definition) is 7. The van der Waals surface area contributed by atoms with E-state index in [2.05, 4.69) is 0 Å². The molecule has 0 saturated carbocycles. The quantitative estimate of drug-likeness (QED) is 0.347. The van der Waals surface area contributed by atoms with Gasteiger partial charge in [-0.1, -0.05) is 18.2 Å². The monoisotopic (exact) mass is 459 g/mol. The molecule has 0 bridgehead atoms. The zero-order valence-corrected chi connectivity index (χ0v) is 18.2. The zero-order valence-electron chi connectivity index (χ0n) is 18.2. The van der Waals surface area contributed by atoms with Crippen molar-refractivity contribution < 1.29 is 34.0 Å². The van der Waals surface area contributed by atoms with E-state index in [9.17, 15) is 19.8 Å². The molecule has 0 spiro atoms. The maximum Gasteiger partial charge on any atom is 0.300 e. The number of Topliss-reactive ketones (excluding diaryl/α,β-unsaturated/α-hetero) is 1. The fourth-order valence-corrected chi connectivity index (χ4v) is 4.22. The number of ether oxygens (including phenoxy) is 3. The lowest BCUT2D eigenvalue weighted by Crippen LogP contribution is -2.29. The Morgan fingerprint density at radius 3 is 2.50 bits per heavy atom. The van der Waals surface area contributed by atoms with Gasteiger partial charge in [0.25, 0.3) is 11.7 Å². The highest BCUT2D eigenvalue weighted by Gasteiger charge is 2.47. The van der Waals surface area contributed by atoms with Crippen LogP contribution in [0.1, 0.15) is 17.2 Å². The third kappa shape index (κ3) is 3.59. The number of carbonyl (C=O) groups is 2. The summed E-state index contributed by atoms with van der Waals surface area (Å²) in [7, 11) is 1.50. The number of carbonyl (C=O) groups excluding carboxylic acids is 2. The van der Waals surface area contributed by atoms with Crippen LogP contribution in [0.2, 0.25) is 0 Å². The number of benzene rings is 3. The number of phenolic OH excluding ortho intramolecular Hbond substituents is 1. The molecule has 3 aromatic carbocycles. The van der Waals surface area contributed by atoms with Crippen LogP contribution in [0.4, 0.5) is 5.69 Å². The predicted octanol–water partition coefficient (Wildman–Crippen LogP) is 3.80. The molecule has 2 heterocycles. The normalized spacial score (nSPS) is 18.7. The molecule has 8 nitrogen and oxygen atoms in total. The molecule has 0 aliphatic carbocycles. The average Bonchev–Trinajstić information content (AvgIpc) is 3.13. The first kappa shape index (κ1) is 21.4. The summed E-state index contributed by atoms with van der Waals surface area (Å²) in [5, 5.41) is 21.4. The number of aliphatic hydroxyl groups is 1. The predicted molar refractivity (Wildman–Crippen MR) is 123 cm³/mol. The van der Waals surface area contributed by atoms with Crippen LogP contribution in [0.5, 0.6) is 23.0 Å². The molecule has 0 radical (unpaired) electrons. The van der Waals surface area contributed by atoms with Gasteiger partial charge in [0.1, 0.15) is 30.5 Å². The SMILES string of the molecule is COc1cccc(N2C(=O)C(=O)/C(=C(\O)c3ccc4c(c3)OCCO4)C2c2cccc(O)c2)c1. The van der Waals surface area contributed by atoms with Gasteiger partial charge in [0.05, 0.1) is 18.7 Å². The van der Waals surface area contributed by atoms with Crippen LogP contribution in [0.3, 0.4) is 0 Å². The molecule has 3 aromatic rings. The van der Waals surface area contributed by atoms with E-state index in [0.717, 1.165) is 0 Å². The van der Waals surface area contributed by atoms with Crippen LogP contribution >= 0.6 is 0 Å². The summed E-state index contributed by atoms with van der Waals surface area (Å²) in [6, 6.07) is 16.8. The van der Waals surface area contributed by atoms with Crippen molar-refractivity contribution in [3.8, 4) is 23.0 Å². The summed E-state index contributed by atoms with van der Waals surface area (Å²) in [5.41, 5.74) is 1.07. The molecular formula is C26H21NO7. The van der Waals surface area contributed by atoms with Gasteiger partial charge in [-0.25, -0.2) is 0 Å². The first-order valence-electron chi connectivity index (χ1n) is 10.6. The molecule has 1 saturated heterocycles. The van der Waals surface area contributed by atoms with Crippen molar-refractivity contribution in [2.75, 3.05) is 25.2 Å². The van der Waals surface area contributed by atoms with Crippen molar-refractivity contribution in [1.29, 1.82) is 0 Å². The summed E-state index contributed by atoms with van der Waals surface area (Å²) in [6.07, 6.45) is 0. The van der Waals surface area contributed by atoms with Gasteiger partial charge in [0.15, 0.2) is 11.5 Å². The molecule has 2 aliphatic heterocycles. The molecule has 1 fully saturated rings. The highest BCUT2D eigenvalue weighted by atomic mass is 16.6. The molecule has 8 heteroatoms. The fourth-order valence-electron chi connectivity index (χ4n) is 4.22. The van der Waals surface area contributed by atoms with E-state index in [1.165, 1.54) is 24.1 Å². The number of methoxy groups -OCH3 is 1. The number of ketones is 1. The second kappa shape index (κ2) is 8.47. The van der Waals surface area contributed by atoms with E-state index in [4.69, 9.17) is 14.2 Å². The summed E-state index contributed by atoms with van der Waals surface area (Å²) in [4.78, 5) is 27.8. The molecule has 2 aliphatic rings. The van der Waals surface area contributed by atoms with Crippen molar-refractivity contribution in [2.45, 2.75) is 6.04 Å². The number of nitrogens with zero attached hydrogens (tertiary/aromatic N) is 1. The maximum absolute atomic E-state index is 13.3. The molecule has 5 rings (SSSR count). The Bertz CT molecular complexity index is 1330. The van der Waals surface area contributed by atoms with Gasteiger partial charge < -0.3 is 24.4 Å². The molecule has 0 aromatic heterocycles. The minimum atomic E-state index is -0.979. The van der Waals surface area contributed by atoms with E-state index in [-0.39, 0.29) is 17.1 Å². The minimum Gasteiger partial charge on any atom is -0.508 e. The van der Waals surface area contributed by atoms with Crippen molar-refractivity contribution in [3.05, 3.63) is 83.4 Å². The molecule has 34 heavy (non-hydrogen) atoms. The lowest BCUT2D eigenvalue weighted by atomic mass is 9.94. The second-order valence-electron chi connectivity index (χ2n) is 7.82. The van der Waals surface area contributed by atoms with Crippen molar-refractivity contribution in [2.24, 2.45) is 0 Å². The third-order valence-corrected chi connectivity index (χ3v) is 5.78. The van der Waals surface area contributed by atoms with Crippen LogP contribution in [-0.4, -0.2) is 42.2 Å². The van der Waals surface area contributed by atoms with Crippen LogP contribution in [0.25, 0.3) is 5.76 Å². The van der Waals surface area contributed by atoms with Crippen LogP contribution in [-0.2, 0) is 9.59 Å². The summed E-state index contributed by atoms with van der Waals surface area (Å²) >= 11 is 0. The van der Waals surface area contributed by atoms with Gasteiger partial charge in [-0.15, -0.1) is 0 Å². The topological polar surface area (TPSA) is 106 Å². The Morgan fingerprint density at radius 1 is 0.971 bits per heavy atom. The van der Waals surface area contributed by atoms with E-state index < -0.39 is 17.7 Å². The smallest absolute Gasteiger partial charge is 0.300 e. The largest absolute Gasteiger partial charge is 0.508 e. The van der Waals surface area contributed by atoms with Crippen LogP contribution < -0.4 is 19.1 Å². The first-order valence-corrected chi connectivity index (χ1v) is 10.6. The van der Waals surface area contributed by atoms with Crippen LogP contribution in [0, 0.1) is 0 Å². The number of phenols is 1. The van der Waals surface area contributed by atoms with E-state index in [0.29, 0.717) is 47.3 Å². The molecule has 2 N–H and O–H groups in total. The van der Waals surface area contributed by atoms with Crippen molar-refractivity contribution in [3.63, 3.8) is 0 Å². The first-order chi connectivity index (χ1) is 16.5. The van der Waals surface area contributed by atoms with Gasteiger partial charge in [-0.2, -0.15) is 0 Å².